The normalized spacial score (nSPS) is 11.8. The molecule has 0 heterocycles. The first-order valence-corrected chi connectivity index (χ1v) is 11.2. The van der Waals surface area contributed by atoms with Crippen molar-refractivity contribution >= 4 is 38.9 Å². The van der Waals surface area contributed by atoms with Crippen molar-refractivity contribution in [1.82, 2.24) is 0 Å². The fourth-order valence-electron chi connectivity index (χ4n) is 2.88. The first-order valence-electron chi connectivity index (χ1n) is 9.39. The number of hydrogen-bond donors (Lipinski definition) is 1. The van der Waals surface area contributed by atoms with Gasteiger partial charge in [0.1, 0.15) is 12.4 Å². The number of amides is 1. The Hall–Kier alpha value is -3.11. The maximum Gasteiger partial charge on any atom is 0.416 e. The lowest BCUT2D eigenvalue weighted by Gasteiger charge is -2.24. The molecule has 0 aromatic heterocycles. The molecule has 33 heavy (non-hydrogen) atoms. The van der Waals surface area contributed by atoms with Crippen LogP contribution in [0.3, 0.4) is 0 Å². The quantitative estimate of drug-likeness (QED) is 0.445. The molecule has 3 aromatic carbocycles. The smallest absolute Gasteiger partial charge is 0.323 e. The number of halogens is 5. The van der Waals surface area contributed by atoms with E-state index >= 15 is 0 Å². The molecular weight excluding hydrogens is 484 g/mol. The van der Waals surface area contributed by atoms with Crippen molar-refractivity contribution in [3.8, 4) is 0 Å². The summed E-state index contributed by atoms with van der Waals surface area (Å²) in [6.07, 6.45) is -4.67. The Morgan fingerprint density at radius 2 is 1.61 bits per heavy atom. The highest BCUT2D eigenvalue weighted by atomic mass is 35.5. The highest BCUT2D eigenvalue weighted by Crippen LogP contribution is 2.34. The summed E-state index contributed by atoms with van der Waals surface area (Å²) in [5.41, 5.74) is -0.574. The van der Waals surface area contributed by atoms with E-state index in [9.17, 15) is 30.8 Å². The molecule has 0 fully saturated rings. The van der Waals surface area contributed by atoms with Crippen LogP contribution in [-0.2, 0) is 21.0 Å². The van der Waals surface area contributed by atoms with Crippen LogP contribution in [0.5, 0.6) is 0 Å². The van der Waals surface area contributed by atoms with Gasteiger partial charge in [-0.05, 0) is 61.5 Å². The average Bonchev–Trinajstić information content (AvgIpc) is 2.74. The summed E-state index contributed by atoms with van der Waals surface area (Å²) in [6, 6.07) is 12.6. The minimum absolute atomic E-state index is 0.0118. The minimum Gasteiger partial charge on any atom is -0.323 e. The number of rotatable bonds is 6. The second-order valence-corrected chi connectivity index (χ2v) is 9.31. The fraction of sp³-hybridized carbons (Fsp3) is 0.136. The number of nitrogens with zero attached hydrogens (tertiary/aromatic N) is 1. The number of anilines is 2. The molecule has 0 saturated carbocycles. The van der Waals surface area contributed by atoms with Crippen LogP contribution in [0.25, 0.3) is 0 Å². The second-order valence-electron chi connectivity index (χ2n) is 7.04. The van der Waals surface area contributed by atoms with Crippen molar-refractivity contribution < 1.29 is 30.8 Å². The molecule has 3 aromatic rings. The number of benzene rings is 3. The van der Waals surface area contributed by atoms with Gasteiger partial charge >= 0.3 is 6.18 Å². The molecule has 1 amide bonds. The standard InChI is InChI=1S/C22H17ClF4N2O3S/c1-14-2-9-18(10-3-14)33(31,32)29(17-7-5-16(24)6-8-17)13-21(30)28-20-12-15(22(25,26)27)4-11-19(20)23/h2-12H,13H2,1H3,(H,28,30). The summed E-state index contributed by atoms with van der Waals surface area (Å²) in [5.74, 6) is -1.57. The van der Waals surface area contributed by atoms with Crippen LogP contribution in [0.15, 0.2) is 71.6 Å². The third-order valence-electron chi connectivity index (χ3n) is 4.58. The summed E-state index contributed by atoms with van der Waals surface area (Å²) in [4.78, 5) is 12.6. The van der Waals surface area contributed by atoms with Gasteiger partial charge in [-0.3, -0.25) is 9.10 Å². The van der Waals surface area contributed by atoms with Gasteiger partial charge in [0, 0.05) is 0 Å². The molecule has 1 N–H and O–H groups in total. The van der Waals surface area contributed by atoms with Gasteiger partial charge in [0.15, 0.2) is 0 Å². The Kier molecular flexibility index (Phi) is 6.99. The predicted octanol–water partition coefficient (Wildman–Crippen LogP) is 5.64. The number of alkyl halides is 3. The third-order valence-corrected chi connectivity index (χ3v) is 6.70. The van der Waals surface area contributed by atoms with E-state index < -0.39 is 40.0 Å². The summed E-state index contributed by atoms with van der Waals surface area (Å²) < 4.78 is 79.6. The summed E-state index contributed by atoms with van der Waals surface area (Å²) in [7, 11) is -4.28. The molecule has 11 heteroatoms. The van der Waals surface area contributed by atoms with Crippen molar-refractivity contribution in [3.05, 3.63) is 88.7 Å². The Morgan fingerprint density at radius 3 is 2.18 bits per heavy atom. The molecule has 0 radical (unpaired) electrons. The van der Waals surface area contributed by atoms with Crippen molar-refractivity contribution in [2.45, 2.75) is 18.0 Å². The number of nitrogens with one attached hydrogen (secondary N) is 1. The lowest BCUT2D eigenvalue weighted by atomic mass is 10.2. The highest BCUT2D eigenvalue weighted by Gasteiger charge is 2.32. The van der Waals surface area contributed by atoms with Gasteiger partial charge in [-0.2, -0.15) is 13.2 Å². The van der Waals surface area contributed by atoms with Crippen molar-refractivity contribution in [3.63, 3.8) is 0 Å². The molecule has 0 atom stereocenters. The zero-order valence-corrected chi connectivity index (χ0v) is 18.6. The third kappa shape index (κ3) is 5.82. The Balaban J connectivity index is 1.95. The van der Waals surface area contributed by atoms with Crippen molar-refractivity contribution in [2.24, 2.45) is 0 Å². The Labute approximate surface area is 192 Å². The van der Waals surface area contributed by atoms with Gasteiger partial charge in [0.2, 0.25) is 5.91 Å². The number of aryl methyl sites for hydroxylation is 1. The van der Waals surface area contributed by atoms with Crippen molar-refractivity contribution in [1.29, 1.82) is 0 Å². The maximum atomic E-state index is 13.4. The van der Waals surface area contributed by atoms with Gasteiger partial charge in [-0.25, -0.2) is 12.8 Å². The SMILES string of the molecule is Cc1ccc(S(=O)(=O)N(CC(=O)Nc2cc(C(F)(F)F)ccc2Cl)c2ccc(F)cc2)cc1. The number of carbonyl (C=O) groups is 1. The lowest BCUT2D eigenvalue weighted by Crippen LogP contribution is -2.38. The molecule has 0 saturated heterocycles. The van der Waals surface area contributed by atoms with E-state index in [-0.39, 0.29) is 21.3 Å². The molecule has 0 spiro atoms. The molecule has 3 rings (SSSR count). The van der Waals surface area contributed by atoms with E-state index in [1.807, 2.05) is 0 Å². The summed E-state index contributed by atoms with van der Waals surface area (Å²) in [5, 5.41) is 2.05. The van der Waals surface area contributed by atoms with Crippen LogP contribution < -0.4 is 9.62 Å². The number of carbonyl (C=O) groups excluding carboxylic acids is 1. The average molecular weight is 501 g/mol. The molecule has 0 aliphatic rings. The monoisotopic (exact) mass is 500 g/mol. The first-order chi connectivity index (χ1) is 15.4. The lowest BCUT2D eigenvalue weighted by molar-refractivity contribution is -0.137. The number of sulfonamides is 1. The molecule has 5 nitrogen and oxygen atoms in total. The largest absolute Gasteiger partial charge is 0.416 e. The van der Waals surface area contributed by atoms with E-state index in [1.54, 1.807) is 19.1 Å². The van der Waals surface area contributed by atoms with E-state index in [4.69, 9.17) is 11.6 Å². The molecule has 0 aliphatic heterocycles. The van der Waals surface area contributed by atoms with Crippen LogP contribution in [0.2, 0.25) is 5.02 Å². The summed E-state index contributed by atoms with van der Waals surface area (Å²) >= 11 is 5.91. The molecule has 0 aliphatic carbocycles. The molecule has 0 unspecified atom stereocenters. The van der Waals surface area contributed by atoms with Crippen LogP contribution >= 0.6 is 11.6 Å². The van der Waals surface area contributed by atoms with Gasteiger partial charge in [-0.15, -0.1) is 0 Å². The van der Waals surface area contributed by atoms with Crippen LogP contribution in [0.1, 0.15) is 11.1 Å². The minimum atomic E-state index is -4.67. The van der Waals surface area contributed by atoms with Gasteiger partial charge in [-0.1, -0.05) is 29.3 Å². The maximum absolute atomic E-state index is 13.4. The van der Waals surface area contributed by atoms with E-state index in [0.717, 1.165) is 34.1 Å². The fourth-order valence-corrected chi connectivity index (χ4v) is 4.46. The van der Waals surface area contributed by atoms with E-state index in [0.29, 0.717) is 6.07 Å². The first kappa shape index (κ1) is 24.5. The molecular formula is C22H17ClF4N2O3S. The zero-order chi connectivity index (χ0) is 24.4. The van der Waals surface area contributed by atoms with Crippen LogP contribution in [0.4, 0.5) is 28.9 Å². The van der Waals surface area contributed by atoms with E-state index in [2.05, 4.69) is 5.32 Å². The topological polar surface area (TPSA) is 66.5 Å². The second kappa shape index (κ2) is 9.40. The van der Waals surface area contributed by atoms with Gasteiger partial charge in [0.25, 0.3) is 10.0 Å². The number of hydrogen-bond acceptors (Lipinski definition) is 3. The zero-order valence-electron chi connectivity index (χ0n) is 17.0. The van der Waals surface area contributed by atoms with Crippen LogP contribution in [-0.4, -0.2) is 20.9 Å². The van der Waals surface area contributed by atoms with Gasteiger partial charge < -0.3 is 5.32 Å². The Morgan fingerprint density at radius 1 is 1.00 bits per heavy atom. The summed E-state index contributed by atoms with van der Waals surface area (Å²) in [6.45, 7) is 0.967. The molecule has 174 valence electrons. The highest BCUT2D eigenvalue weighted by molar-refractivity contribution is 7.92. The van der Waals surface area contributed by atoms with Crippen molar-refractivity contribution in [2.75, 3.05) is 16.2 Å². The Bertz CT molecular complexity index is 1260. The van der Waals surface area contributed by atoms with Crippen LogP contribution in [0, 0.1) is 12.7 Å². The molecule has 0 bridgehead atoms. The van der Waals surface area contributed by atoms with Gasteiger partial charge in [0.05, 0.1) is 26.9 Å². The van der Waals surface area contributed by atoms with E-state index in [1.165, 1.54) is 24.3 Å². The predicted molar refractivity (Wildman–Crippen MR) is 117 cm³/mol.